The minimum absolute atomic E-state index is 0.0283. The number of nitrogens with one attached hydrogen (secondary N) is 1. The number of esters is 1. The van der Waals surface area contributed by atoms with E-state index in [4.69, 9.17) is 24.4 Å². The largest absolute Gasteiger partial charge is 0.460 e. The number of amides is 3. The van der Waals surface area contributed by atoms with Crippen molar-refractivity contribution in [2.24, 2.45) is 29.4 Å². The summed E-state index contributed by atoms with van der Waals surface area (Å²) < 4.78 is 36.6. The highest BCUT2D eigenvalue weighted by molar-refractivity contribution is 5.98. The van der Waals surface area contributed by atoms with E-state index >= 15 is 0 Å². The average molecular weight is 686 g/mol. The maximum atomic E-state index is 14.8. The van der Waals surface area contributed by atoms with E-state index in [-0.39, 0.29) is 42.1 Å². The van der Waals surface area contributed by atoms with Gasteiger partial charge in [0, 0.05) is 24.0 Å². The average Bonchev–Trinajstić information content (AvgIpc) is 3.66. The second kappa shape index (κ2) is 15.5. The molecule has 4 atom stereocenters. The number of alkyl halides is 1. The molecule has 270 valence electrons. The maximum absolute atomic E-state index is 14.8. The van der Waals surface area contributed by atoms with Gasteiger partial charge in [-0.25, -0.2) is 14.0 Å². The van der Waals surface area contributed by atoms with Crippen molar-refractivity contribution in [3.63, 3.8) is 0 Å². The molecule has 3 aliphatic rings. The number of nitrogens with two attached hydrogens (primary N) is 1. The predicted octanol–water partition coefficient (Wildman–Crippen LogP) is 6.23. The summed E-state index contributed by atoms with van der Waals surface area (Å²) >= 11 is 0. The number of hydrogen-bond donors (Lipinski definition) is 2. The number of carbonyl (C=O) groups excluding carboxylic acids is 4. The summed E-state index contributed by atoms with van der Waals surface area (Å²) in [6.45, 7) is 6.34. The topological polar surface area (TPSA) is 150 Å². The van der Waals surface area contributed by atoms with E-state index in [1.807, 2.05) is 18.2 Å². The van der Waals surface area contributed by atoms with Crippen LogP contribution < -0.4 is 11.1 Å². The summed E-state index contributed by atoms with van der Waals surface area (Å²) in [6.07, 6.45) is 5.20. The van der Waals surface area contributed by atoms with Gasteiger partial charge in [-0.1, -0.05) is 18.2 Å². The Morgan fingerprint density at radius 2 is 1.71 bits per heavy atom. The molecule has 1 aliphatic heterocycles. The Kier molecular flexibility index (Phi) is 11.6. The number of ether oxygens (including phenoxy) is 3. The third-order valence-corrected chi connectivity index (χ3v) is 10.7. The predicted molar refractivity (Wildman–Crippen MR) is 180 cm³/mol. The van der Waals surface area contributed by atoms with Gasteiger partial charge in [-0.2, -0.15) is 0 Å². The van der Waals surface area contributed by atoms with E-state index in [1.165, 1.54) is 0 Å². The van der Waals surface area contributed by atoms with Crippen molar-refractivity contribution in [3.8, 4) is 0 Å². The molecule has 0 radical (unpaired) electrons. The minimum atomic E-state index is -0.879. The molecule has 3 amide bonds. The number of likely N-dealkylation sites (tertiary alicyclic amines) is 1. The number of rotatable bonds is 10. The van der Waals surface area contributed by atoms with Crippen molar-refractivity contribution in [2.45, 2.75) is 115 Å². The summed E-state index contributed by atoms with van der Waals surface area (Å²) in [5.41, 5.74) is 6.49. The molecule has 5 rings (SSSR count). The van der Waals surface area contributed by atoms with Gasteiger partial charge in [0.05, 0.1) is 24.8 Å². The lowest BCUT2D eigenvalue weighted by Gasteiger charge is -2.38. The molecule has 2 saturated carbocycles. The van der Waals surface area contributed by atoms with Crippen molar-refractivity contribution < 1.29 is 42.2 Å². The van der Waals surface area contributed by atoms with Crippen LogP contribution >= 0.6 is 0 Å². The molecule has 2 heterocycles. The van der Waals surface area contributed by atoms with Gasteiger partial charge in [-0.15, -0.1) is 0 Å². The second-order valence-corrected chi connectivity index (χ2v) is 14.9. The molecule has 49 heavy (non-hydrogen) atoms. The van der Waals surface area contributed by atoms with E-state index in [1.54, 1.807) is 45.8 Å². The summed E-state index contributed by atoms with van der Waals surface area (Å²) in [6, 6.07) is 5.02. The number of benzene rings is 1. The number of hydrogen-bond acceptors (Lipinski definition) is 8. The highest BCUT2D eigenvalue weighted by Crippen LogP contribution is 2.51. The maximum Gasteiger partial charge on any atom is 0.407 e. The highest BCUT2D eigenvalue weighted by Gasteiger charge is 2.53. The van der Waals surface area contributed by atoms with Crippen molar-refractivity contribution in [1.29, 1.82) is 0 Å². The van der Waals surface area contributed by atoms with E-state index in [0.717, 1.165) is 25.7 Å². The number of furan rings is 1. The van der Waals surface area contributed by atoms with Crippen LogP contribution in [0, 0.1) is 23.7 Å². The fraction of sp³-hybridized carbons (Fsp3) is 0.676. The summed E-state index contributed by atoms with van der Waals surface area (Å²) in [5, 5.41) is 3.36. The van der Waals surface area contributed by atoms with Crippen LogP contribution in [0.5, 0.6) is 0 Å². The zero-order valence-corrected chi connectivity index (χ0v) is 29.4. The van der Waals surface area contributed by atoms with Gasteiger partial charge in [0.2, 0.25) is 17.6 Å². The number of alkyl carbamates (subject to hydrolysis) is 1. The van der Waals surface area contributed by atoms with Crippen LogP contribution in [0.2, 0.25) is 0 Å². The first-order valence-electron chi connectivity index (χ1n) is 17.7. The van der Waals surface area contributed by atoms with Crippen molar-refractivity contribution in [3.05, 3.63) is 35.6 Å². The standard InChI is InChI=1S/C37H52FN3O8/c1-6-47-35(44)32-30(25-9-7-8-10-29(25)48-32)28-19-26(21-15-17-24(46-5)18-16-21)31(33(39)42)41(28)34(43)23-13-11-22(12-14-23)27(20-38)40-36(45)49-37(2,3)4/h7-10,21-24,26-28,31H,6,11-20H2,1-5H3,(H2,39,42)(H,40,45)/t21?,22?,23?,24?,26-,27?,28?,31-/m0/s1. The lowest BCUT2D eigenvalue weighted by Crippen LogP contribution is -2.51. The Morgan fingerprint density at radius 1 is 1.04 bits per heavy atom. The SMILES string of the molecule is CCOC(=O)c1oc2ccccc2c1C1C[C@@H](C2CCC(OC)CC2)[C@@H](C(N)=O)N1C(=O)C1CCC(C(CF)NC(=O)OC(C)(C)C)CC1. The molecule has 2 aromatic rings. The molecule has 2 unspecified atom stereocenters. The monoisotopic (exact) mass is 685 g/mol. The third kappa shape index (κ3) is 8.05. The van der Waals surface area contributed by atoms with E-state index in [9.17, 15) is 23.6 Å². The Hall–Kier alpha value is -3.67. The Balaban J connectivity index is 1.46. The number of nitrogens with zero attached hydrogens (tertiary/aromatic N) is 1. The van der Waals surface area contributed by atoms with Crippen LogP contribution in [0.25, 0.3) is 11.0 Å². The zero-order chi connectivity index (χ0) is 35.5. The van der Waals surface area contributed by atoms with Crippen molar-refractivity contribution in [1.82, 2.24) is 10.2 Å². The molecule has 2 aliphatic carbocycles. The highest BCUT2D eigenvalue weighted by atomic mass is 19.1. The quantitative estimate of drug-likeness (QED) is 0.280. The first-order valence-corrected chi connectivity index (χ1v) is 17.7. The fourth-order valence-corrected chi connectivity index (χ4v) is 8.46. The van der Waals surface area contributed by atoms with Crippen LogP contribution in [0.3, 0.4) is 0 Å². The van der Waals surface area contributed by atoms with Crippen LogP contribution in [0.4, 0.5) is 9.18 Å². The summed E-state index contributed by atoms with van der Waals surface area (Å²) in [7, 11) is 1.71. The Bertz CT molecular complexity index is 1490. The van der Waals surface area contributed by atoms with E-state index < -0.39 is 54.3 Å². The molecule has 3 fully saturated rings. The molecule has 11 nitrogen and oxygen atoms in total. The number of fused-ring (bicyclic) bond motifs is 1. The van der Waals surface area contributed by atoms with Gasteiger partial charge in [0.1, 0.15) is 23.9 Å². The second-order valence-electron chi connectivity index (χ2n) is 14.9. The molecule has 0 bridgehead atoms. The smallest absolute Gasteiger partial charge is 0.407 e. The van der Waals surface area contributed by atoms with Crippen molar-refractivity contribution >= 4 is 34.8 Å². The van der Waals surface area contributed by atoms with Gasteiger partial charge in [0.25, 0.3) is 0 Å². The molecule has 1 aromatic heterocycles. The van der Waals surface area contributed by atoms with Gasteiger partial charge in [-0.3, -0.25) is 9.59 Å². The fourth-order valence-electron chi connectivity index (χ4n) is 8.46. The van der Waals surface area contributed by atoms with Gasteiger partial charge >= 0.3 is 12.1 Å². The minimum Gasteiger partial charge on any atom is -0.460 e. The zero-order valence-electron chi connectivity index (χ0n) is 29.4. The first-order chi connectivity index (χ1) is 23.4. The van der Waals surface area contributed by atoms with Crippen LogP contribution in [-0.4, -0.2) is 73.0 Å². The lowest BCUT2D eigenvalue weighted by molar-refractivity contribution is -0.145. The van der Waals surface area contributed by atoms with Crippen molar-refractivity contribution in [2.75, 3.05) is 20.4 Å². The molecule has 3 N–H and O–H groups in total. The number of methoxy groups -OCH3 is 1. The molecule has 1 aromatic carbocycles. The number of para-hydroxylation sites is 1. The van der Waals surface area contributed by atoms with Gasteiger partial charge in [0.15, 0.2) is 0 Å². The van der Waals surface area contributed by atoms with Gasteiger partial charge in [-0.05, 0) is 109 Å². The lowest BCUT2D eigenvalue weighted by atomic mass is 9.74. The van der Waals surface area contributed by atoms with E-state index in [0.29, 0.717) is 48.6 Å². The molecular weight excluding hydrogens is 633 g/mol. The van der Waals surface area contributed by atoms with Crippen LogP contribution in [-0.2, 0) is 23.8 Å². The number of primary amides is 1. The third-order valence-electron chi connectivity index (χ3n) is 10.7. The number of halogens is 1. The van der Waals surface area contributed by atoms with Crippen LogP contribution in [0.15, 0.2) is 28.7 Å². The summed E-state index contributed by atoms with van der Waals surface area (Å²) in [5.74, 6) is -2.11. The summed E-state index contributed by atoms with van der Waals surface area (Å²) in [4.78, 5) is 55.6. The molecular formula is C37H52FN3O8. The Morgan fingerprint density at radius 3 is 2.31 bits per heavy atom. The normalized spacial score (nSPS) is 28.2. The molecule has 12 heteroatoms. The first kappa shape index (κ1) is 36.6. The molecule has 1 saturated heterocycles. The van der Waals surface area contributed by atoms with E-state index in [2.05, 4.69) is 5.32 Å². The number of carbonyl (C=O) groups is 4. The van der Waals surface area contributed by atoms with Gasteiger partial charge < -0.3 is 34.6 Å². The Labute approximate surface area is 287 Å². The molecule has 0 spiro atoms. The van der Waals surface area contributed by atoms with Crippen LogP contribution in [0.1, 0.15) is 108 Å².